The lowest BCUT2D eigenvalue weighted by molar-refractivity contribution is 0.00468. The topological polar surface area (TPSA) is 57.6 Å². The molecule has 5 nitrogen and oxygen atoms in total. The van der Waals surface area contributed by atoms with Crippen molar-refractivity contribution in [1.29, 1.82) is 0 Å². The number of anilines is 1. The fourth-order valence-corrected chi connectivity index (χ4v) is 3.51. The molecule has 0 saturated heterocycles. The van der Waals surface area contributed by atoms with Crippen LogP contribution in [0.5, 0.6) is 5.88 Å². The molecule has 1 aliphatic carbocycles. The number of ether oxygens (including phenoxy) is 1. The highest BCUT2D eigenvalue weighted by atomic mass is 32.1. The number of rotatable bonds is 6. The molecule has 0 aromatic carbocycles. The fourth-order valence-electron chi connectivity index (χ4n) is 2.58. The molecule has 1 aromatic rings. The van der Waals surface area contributed by atoms with Crippen molar-refractivity contribution in [3.05, 3.63) is 4.88 Å². The first-order valence-corrected chi connectivity index (χ1v) is 8.00. The van der Waals surface area contributed by atoms with E-state index in [2.05, 4.69) is 10.3 Å². The lowest BCUT2D eigenvalue weighted by atomic mass is 9.85. The summed E-state index contributed by atoms with van der Waals surface area (Å²) in [5.41, 5.74) is -0.527. The van der Waals surface area contributed by atoms with Crippen LogP contribution in [0.1, 0.15) is 37.0 Å². The number of thiazole rings is 1. The minimum Gasteiger partial charge on any atom is -0.480 e. The van der Waals surface area contributed by atoms with Crippen LogP contribution in [0.4, 0.5) is 5.13 Å². The van der Waals surface area contributed by atoms with Gasteiger partial charge in [-0.2, -0.15) is 4.98 Å². The Kier molecular flexibility index (Phi) is 5.23. The van der Waals surface area contributed by atoms with E-state index in [-0.39, 0.29) is 0 Å². The van der Waals surface area contributed by atoms with E-state index < -0.39 is 5.60 Å². The molecule has 0 spiro atoms. The molecule has 1 heterocycles. The third-order valence-corrected chi connectivity index (χ3v) is 4.95. The van der Waals surface area contributed by atoms with Crippen molar-refractivity contribution in [2.75, 3.05) is 32.6 Å². The first-order valence-electron chi connectivity index (χ1n) is 7.18. The number of aromatic nitrogens is 1. The summed E-state index contributed by atoms with van der Waals surface area (Å²) >= 11 is 1.62. The number of nitrogens with one attached hydrogen (secondary N) is 1. The number of methoxy groups -OCH3 is 1. The van der Waals surface area contributed by atoms with Crippen LogP contribution in [-0.4, -0.2) is 43.4 Å². The molecule has 1 aromatic heterocycles. The van der Waals surface area contributed by atoms with E-state index in [1.54, 1.807) is 18.4 Å². The van der Waals surface area contributed by atoms with Crippen molar-refractivity contribution in [1.82, 2.24) is 10.3 Å². The Bertz CT molecular complexity index is 428. The zero-order chi connectivity index (χ0) is 14.6. The molecular weight excluding hydrogens is 274 g/mol. The summed E-state index contributed by atoms with van der Waals surface area (Å²) in [6, 6.07) is 0. The fraction of sp³-hybridized carbons (Fsp3) is 0.786. The number of aliphatic hydroxyl groups is 1. The van der Waals surface area contributed by atoms with Crippen LogP contribution in [0.2, 0.25) is 0 Å². The molecule has 20 heavy (non-hydrogen) atoms. The van der Waals surface area contributed by atoms with Crippen molar-refractivity contribution < 1.29 is 9.84 Å². The number of hydrogen-bond donors (Lipinski definition) is 2. The van der Waals surface area contributed by atoms with Crippen molar-refractivity contribution in [3.8, 4) is 5.88 Å². The Morgan fingerprint density at radius 2 is 2.05 bits per heavy atom. The quantitative estimate of drug-likeness (QED) is 0.841. The second-order valence-corrected chi connectivity index (χ2v) is 6.77. The number of nitrogens with zero attached hydrogens (tertiary/aromatic N) is 2. The van der Waals surface area contributed by atoms with Gasteiger partial charge in [-0.25, -0.2) is 0 Å². The van der Waals surface area contributed by atoms with Crippen LogP contribution in [0.3, 0.4) is 0 Å². The molecule has 1 aliphatic rings. The van der Waals surface area contributed by atoms with Gasteiger partial charge in [-0.3, -0.25) is 0 Å². The largest absolute Gasteiger partial charge is 0.480 e. The molecule has 2 N–H and O–H groups in total. The van der Waals surface area contributed by atoms with Gasteiger partial charge in [-0.1, -0.05) is 30.6 Å². The summed E-state index contributed by atoms with van der Waals surface area (Å²) in [5, 5.41) is 14.8. The summed E-state index contributed by atoms with van der Waals surface area (Å²) in [6.45, 7) is 1.34. The summed E-state index contributed by atoms with van der Waals surface area (Å²) in [5.74, 6) is 0.682. The smallest absolute Gasteiger partial charge is 0.230 e. The maximum atomic E-state index is 10.5. The highest BCUT2D eigenvalue weighted by Crippen LogP contribution is 2.31. The van der Waals surface area contributed by atoms with Crippen LogP contribution >= 0.6 is 11.3 Å². The SMILES string of the molecule is COc1nc(N(C)C)sc1CNCC1(O)CCCCC1. The molecule has 2 rings (SSSR count). The van der Waals surface area contributed by atoms with Crippen molar-refractivity contribution in [2.45, 2.75) is 44.2 Å². The van der Waals surface area contributed by atoms with Crippen LogP contribution in [0, 0.1) is 0 Å². The lowest BCUT2D eigenvalue weighted by Crippen LogP contribution is -2.41. The van der Waals surface area contributed by atoms with E-state index >= 15 is 0 Å². The second kappa shape index (κ2) is 6.74. The normalized spacial score (nSPS) is 18.0. The van der Waals surface area contributed by atoms with E-state index in [1.165, 1.54) is 6.42 Å². The standard InChI is InChI=1S/C14H25N3O2S/c1-17(2)13-16-12(19-3)11(20-13)9-15-10-14(18)7-5-4-6-8-14/h15,18H,4-10H2,1-3H3. The van der Waals surface area contributed by atoms with Gasteiger partial charge < -0.3 is 20.1 Å². The molecule has 0 unspecified atom stereocenters. The predicted octanol–water partition coefficient (Wildman–Crippen LogP) is 2.00. The summed E-state index contributed by atoms with van der Waals surface area (Å²) in [6.07, 6.45) is 5.32. The maximum Gasteiger partial charge on any atom is 0.230 e. The zero-order valence-corrected chi connectivity index (χ0v) is 13.4. The molecule has 0 amide bonds. The molecule has 6 heteroatoms. The average molecular weight is 299 g/mol. The molecule has 0 aliphatic heterocycles. The molecule has 1 saturated carbocycles. The van der Waals surface area contributed by atoms with E-state index in [0.717, 1.165) is 35.7 Å². The van der Waals surface area contributed by atoms with Crippen LogP contribution in [-0.2, 0) is 6.54 Å². The number of hydrogen-bond acceptors (Lipinski definition) is 6. The van der Waals surface area contributed by atoms with E-state index in [4.69, 9.17) is 4.74 Å². The Labute approximate surface area is 125 Å². The summed E-state index contributed by atoms with van der Waals surface area (Å²) in [7, 11) is 5.59. The van der Waals surface area contributed by atoms with Crippen LogP contribution in [0.25, 0.3) is 0 Å². The van der Waals surface area contributed by atoms with Gasteiger partial charge in [-0.05, 0) is 12.8 Å². The van der Waals surface area contributed by atoms with Crippen molar-refractivity contribution in [3.63, 3.8) is 0 Å². The minimum atomic E-state index is -0.527. The molecule has 114 valence electrons. The highest BCUT2D eigenvalue weighted by Gasteiger charge is 2.28. The molecule has 0 radical (unpaired) electrons. The summed E-state index contributed by atoms with van der Waals surface area (Å²) in [4.78, 5) is 7.49. The third-order valence-electron chi connectivity index (χ3n) is 3.75. The Morgan fingerprint density at radius 3 is 2.65 bits per heavy atom. The monoisotopic (exact) mass is 299 g/mol. The summed E-state index contributed by atoms with van der Waals surface area (Å²) < 4.78 is 5.31. The van der Waals surface area contributed by atoms with Gasteiger partial charge in [0.05, 0.1) is 17.6 Å². The van der Waals surface area contributed by atoms with Gasteiger partial charge in [0.2, 0.25) is 5.88 Å². The van der Waals surface area contributed by atoms with Gasteiger partial charge in [0.1, 0.15) is 0 Å². The van der Waals surface area contributed by atoms with Gasteiger partial charge in [0.15, 0.2) is 5.13 Å². The second-order valence-electron chi connectivity index (χ2n) is 5.71. The first-order chi connectivity index (χ1) is 9.54. The maximum absolute atomic E-state index is 10.5. The van der Waals surface area contributed by atoms with Gasteiger partial charge in [0, 0.05) is 27.2 Å². The van der Waals surface area contributed by atoms with Crippen LogP contribution < -0.4 is 15.0 Å². The molecule has 0 bridgehead atoms. The van der Waals surface area contributed by atoms with Gasteiger partial charge in [-0.15, -0.1) is 0 Å². The van der Waals surface area contributed by atoms with Crippen molar-refractivity contribution >= 4 is 16.5 Å². The van der Waals surface area contributed by atoms with E-state index in [1.807, 2.05) is 19.0 Å². The lowest BCUT2D eigenvalue weighted by Gasteiger charge is -2.32. The predicted molar refractivity (Wildman–Crippen MR) is 82.7 cm³/mol. The Balaban J connectivity index is 1.90. The highest BCUT2D eigenvalue weighted by molar-refractivity contribution is 7.15. The van der Waals surface area contributed by atoms with Crippen LogP contribution in [0.15, 0.2) is 0 Å². The minimum absolute atomic E-state index is 0.527. The van der Waals surface area contributed by atoms with E-state index in [9.17, 15) is 5.11 Å². The Hall–Kier alpha value is -0.850. The third kappa shape index (κ3) is 3.84. The molecule has 1 fully saturated rings. The Morgan fingerprint density at radius 1 is 1.35 bits per heavy atom. The zero-order valence-electron chi connectivity index (χ0n) is 12.6. The van der Waals surface area contributed by atoms with Gasteiger partial charge >= 0.3 is 0 Å². The van der Waals surface area contributed by atoms with Crippen molar-refractivity contribution in [2.24, 2.45) is 0 Å². The molecule has 0 atom stereocenters. The first kappa shape index (κ1) is 15.5. The van der Waals surface area contributed by atoms with E-state index in [0.29, 0.717) is 19.0 Å². The average Bonchev–Trinajstić information content (AvgIpc) is 2.83. The molecular formula is C14H25N3O2S. The van der Waals surface area contributed by atoms with Gasteiger partial charge in [0.25, 0.3) is 0 Å².